The van der Waals surface area contributed by atoms with Gasteiger partial charge in [-0.3, -0.25) is 14.6 Å². The highest BCUT2D eigenvalue weighted by Crippen LogP contribution is 2.33. The Morgan fingerprint density at radius 2 is 1.81 bits per heavy atom. The van der Waals surface area contributed by atoms with Crippen LogP contribution < -0.4 is 10.6 Å². The normalized spacial score (nSPS) is 10.4. The standard InChI is InChI=1S/C18H15ClN4O2S/c1-11(24)22-16-15(13-6-8-20-9-7-13)23-26-17(16)18(25)21-10-12-2-4-14(19)5-3-12/h2-9H,10H2,1H3,(H,21,25)(H,22,24). The molecule has 0 aliphatic rings. The van der Waals surface area contributed by atoms with Crippen molar-refractivity contribution in [2.45, 2.75) is 13.5 Å². The zero-order valence-corrected chi connectivity index (χ0v) is 15.4. The van der Waals surface area contributed by atoms with Gasteiger partial charge < -0.3 is 10.6 Å². The van der Waals surface area contributed by atoms with E-state index in [1.54, 1.807) is 36.7 Å². The van der Waals surface area contributed by atoms with Gasteiger partial charge in [-0.25, -0.2) is 0 Å². The molecule has 3 aromatic rings. The molecule has 8 heteroatoms. The Kier molecular flexibility index (Phi) is 5.60. The number of halogens is 1. The molecule has 0 aliphatic carbocycles. The number of nitrogens with one attached hydrogen (secondary N) is 2. The molecule has 26 heavy (non-hydrogen) atoms. The van der Waals surface area contributed by atoms with Crippen molar-refractivity contribution in [3.8, 4) is 11.3 Å². The molecule has 132 valence electrons. The molecule has 3 rings (SSSR count). The minimum atomic E-state index is -0.304. The number of carbonyl (C=O) groups is 2. The van der Waals surface area contributed by atoms with E-state index in [4.69, 9.17) is 11.6 Å². The Morgan fingerprint density at radius 1 is 1.12 bits per heavy atom. The lowest BCUT2D eigenvalue weighted by Gasteiger charge is -2.08. The molecule has 0 fully saturated rings. The van der Waals surface area contributed by atoms with Gasteiger partial charge in [-0.1, -0.05) is 23.7 Å². The summed E-state index contributed by atoms with van der Waals surface area (Å²) in [5.41, 5.74) is 2.64. The van der Waals surface area contributed by atoms with Gasteiger partial charge in [0.05, 0.1) is 5.69 Å². The fraction of sp³-hybridized carbons (Fsp3) is 0.111. The number of carbonyl (C=O) groups excluding carboxylic acids is 2. The highest BCUT2D eigenvalue weighted by atomic mass is 35.5. The van der Waals surface area contributed by atoms with E-state index in [1.807, 2.05) is 12.1 Å². The van der Waals surface area contributed by atoms with Crippen LogP contribution in [0.1, 0.15) is 22.2 Å². The van der Waals surface area contributed by atoms with Gasteiger partial charge in [0, 0.05) is 36.4 Å². The monoisotopic (exact) mass is 386 g/mol. The van der Waals surface area contributed by atoms with Crippen molar-refractivity contribution in [1.29, 1.82) is 0 Å². The largest absolute Gasteiger partial charge is 0.347 e. The number of pyridine rings is 1. The van der Waals surface area contributed by atoms with E-state index in [-0.39, 0.29) is 11.8 Å². The summed E-state index contributed by atoms with van der Waals surface area (Å²) in [6, 6.07) is 10.8. The molecule has 6 nitrogen and oxygen atoms in total. The molecule has 2 aromatic heterocycles. The molecule has 0 bridgehead atoms. The van der Waals surface area contributed by atoms with E-state index in [2.05, 4.69) is 20.0 Å². The van der Waals surface area contributed by atoms with E-state index < -0.39 is 0 Å². The molecule has 0 spiro atoms. The van der Waals surface area contributed by atoms with E-state index in [1.165, 1.54) is 6.92 Å². The fourth-order valence-corrected chi connectivity index (χ4v) is 3.21. The average Bonchev–Trinajstić information content (AvgIpc) is 3.04. The summed E-state index contributed by atoms with van der Waals surface area (Å²) in [6.07, 6.45) is 3.26. The topological polar surface area (TPSA) is 84.0 Å². The van der Waals surface area contributed by atoms with Gasteiger partial charge in [-0.05, 0) is 41.4 Å². The summed E-state index contributed by atoms with van der Waals surface area (Å²) in [7, 11) is 0. The number of amides is 2. The van der Waals surface area contributed by atoms with Crippen molar-refractivity contribution >= 4 is 40.6 Å². The van der Waals surface area contributed by atoms with Crippen molar-refractivity contribution in [2.75, 3.05) is 5.32 Å². The highest BCUT2D eigenvalue weighted by Gasteiger charge is 2.21. The number of hydrogen-bond acceptors (Lipinski definition) is 5. The van der Waals surface area contributed by atoms with Crippen LogP contribution in [-0.2, 0) is 11.3 Å². The zero-order chi connectivity index (χ0) is 18.5. The van der Waals surface area contributed by atoms with Crippen LogP contribution in [0, 0.1) is 0 Å². The summed E-state index contributed by atoms with van der Waals surface area (Å²) in [5, 5.41) is 6.19. The lowest BCUT2D eigenvalue weighted by Crippen LogP contribution is -2.23. The minimum Gasteiger partial charge on any atom is -0.347 e. The molecule has 2 heterocycles. The third kappa shape index (κ3) is 4.25. The molecule has 0 atom stereocenters. The predicted octanol–water partition coefficient (Wildman–Crippen LogP) is 3.75. The van der Waals surface area contributed by atoms with Gasteiger partial charge in [0.25, 0.3) is 5.91 Å². The van der Waals surface area contributed by atoms with Crippen molar-refractivity contribution in [1.82, 2.24) is 14.7 Å². The third-order valence-corrected chi connectivity index (χ3v) is 4.62. The van der Waals surface area contributed by atoms with Crippen LogP contribution in [0.3, 0.4) is 0 Å². The fourth-order valence-electron chi connectivity index (χ4n) is 2.31. The van der Waals surface area contributed by atoms with Crippen molar-refractivity contribution in [2.24, 2.45) is 0 Å². The Morgan fingerprint density at radius 3 is 2.46 bits per heavy atom. The maximum atomic E-state index is 12.6. The summed E-state index contributed by atoms with van der Waals surface area (Å²) in [4.78, 5) is 28.5. The van der Waals surface area contributed by atoms with E-state index in [0.29, 0.717) is 27.8 Å². The number of aromatic nitrogens is 2. The summed E-state index contributed by atoms with van der Waals surface area (Å²) in [6.45, 7) is 1.74. The van der Waals surface area contributed by atoms with Crippen LogP contribution in [0.2, 0.25) is 5.02 Å². The number of benzene rings is 1. The molecule has 0 aliphatic heterocycles. The van der Waals surface area contributed by atoms with Crippen LogP contribution >= 0.6 is 23.1 Å². The molecular weight excluding hydrogens is 372 g/mol. The molecule has 0 unspecified atom stereocenters. The number of nitrogens with zero attached hydrogens (tertiary/aromatic N) is 2. The average molecular weight is 387 g/mol. The second-order valence-electron chi connectivity index (χ2n) is 5.46. The second-order valence-corrected chi connectivity index (χ2v) is 6.67. The van der Waals surface area contributed by atoms with Crippen LogP contribution in [0.5, 0.6) is 0 Å². The highest BCUT2D eigenvalue weighted by molar-refractivity contribution is 7.09. The smallest absolute Gasteiger partial charge is 0.265 e. The molecular formula is C18H15ClN4O2S. The van der Waals surface area contributed by atoms with Crippen LogP contribution in [0.25, 0.3) is 11.3 Å². The first-order valence-electron chi connectivity index (χ1n) is 7.75. The first kappa shape index (κ1) is 18.0. The minimum absolute atomic E-state index is 0.271. The molecule has 2 N–H and O–H groups in total. The number of rotatable bonds is 5. The molecule has 0 saturated heterocycles. The maximum absolute atomic E-state index is 12.6. The van der Waals surface area contributed by atoms with E-state index >= 15 is 0 Å². The lowest BCUT2D eigenvalue weighted by atomic mass is 10.1. The molecule has 0 radical (unpaired) electrons. The first-order chi connectivity index (χ1) is 12.5. The lowest BCUT2D eigenvalue weighted by molar-refractivity contribution is -0.114. The third-order valence-electron chi connectivity index (χ3n) is 3.52. The zero-order valence-electron chi connectivity index (χ0n) is 13.8. The van der Waals surface area contributed by atoms with Crippen LogP contribution in [0.15, 0.2) is 48.8 Å². The Balaban J connectivity index is 1.84. The Hall–Kier alpha value is -2.77. The van der Waals surface area contributed by atoms with E-state index in [9.17, 15) is 9.59 Å². The van der Waals surface area contributed by atoms with Gasteiger partial charge in [0.15, 0.2) is 0 Å². The SMILES string of the molecule is CC(=O)Nc1c(-c2ccncc2)nsc1C(=O)NCc1ccc(Cl)cc1. The van der Waals surface area contributed by atoms with Gasteiger partial charge in [-0.2, -0.15) is 4.37 Å². The van der Waals surface area contributed by atoms with Gasteiger partial charge >= 0.3 is 0 Å². The summed E-state index contributed by atoms with van der Waals surface area (Å²) in [5.74, 6) is -0.575. The van der Waals surface area contributed by atoms with Crippen molar-refractivity contribution in [3.05, 3.63) is 64.3 Å². The van der Waals surface area contributed by atoms with Crippen molar-refractivity contribution in [3.63, 3.8) is 0 Å². The van der Waals surface area contributed by atoms with Gasteiger partial charge in [0.1, 0.15) is 10.6 Å². The van der Waals surface area contributed by atoms with Crippen LogP contribution in [-0.4, -0.2) is 21.2 Å². The maximum Gasteiger partial charge on any atom is 0.265 e. The predicted molar refractivity (Wildman–Crippen MR) is 102 cm³/mol. The van der Waals surface area contributed by atoms with Gasteiger partial charge in [-0.15, -0.1) is 0 Å². The second kappa shape index (κ2) is 8.07. The molecule has 0 saturated carbocycles. The van der Waals surface area contributed by atoms with Gasteiger partial charge in [0.2, 0.25) is 5.91 Å². The number of hydrogen-bond donors (Lipinski definition) is 2. The van der Waals surface area contributed by atoms with Crippen molar-refractivity contribution < 1.29 is 9.59 Å². The molecule has 2 amide bonds. The quantitative estimate of drug-likeness (QED) is 0.699. The molecule has 1 aromatic carbocycles. The first-order valence-corrected chi connectivity index (χ1v) is 8.90. The summed E-state index contributed by atoms with van der Waals surface area (Å²) >= 11 is 6.90. The Bertz CT molecular complexity index is 926. The number of anilines is 1. The summed E-state index contributed by atoms with van der Waals surface area (Å²) < 4.78 is 4.35. The Labute approximate surface area is 159 Å². The van der Waals surface area contributed by atoms with E-state index in [0.717, 1.165) is 22.7 Å². The van der Waals surface area contributed by atoms with Crippen LogP contribution in [0.4, 0.5) is 5.69 Å².